The Balaban J connectivity index is 2.12. The monoisotopic (exact) mass is 495 g/mol. The van der Waals surface area contributed by atoms with E-state index in [1.807, 2.05) is 0 Å². The molecule has 1 unspecified atom stereocenters. The lowest BCUT2D eigenvalue weighted by Gasteiger charge is -2.14. The minimum Gasteiger partial charge on any atom is -0.464 e. The Bertz CT molecular complexity index is 1300. The van der Waals surface area contributed by atoms with Gasteiger partial charge in [0, 0.05) is 24.9 Å². The highest BCUT2D eigenvalue weighted by molar-refractivity contribution is 7.85. The predicted octanol–water partition coefficient (Wildman–Crippen LogP) is 1.45. The summed E-state index contributed by atoms with van der Waals surface area (Å²) in [5.74, 6) is -2.21. The van der Waals surface area contributed by atoms with Crippen molar-refractivity contribution in [3.05, 3.63) is 53.6 Å². The first-order valence-corrected chi connectivity index (χ1v) is 11.4. The Labute approximate surface area is 190 Å². The van der Waals surface area contributed by atoms with Crippen molar-refractivity contribution in [3.8, 4) is 5.75 Å². The summed E-state index contributed by atoms with van der Waals surface area (Å²) in [5.41, 5.74) is 0.609. The minimum absolute atomic E-state index is 0.149. The molecule has 0 spiro atoms. The third-order valence-corrected chi connectivity index (χ3v) is 5.51. The van der Waals surface area contributed by atoms with E-state index in [4.69, 9.17) is 9.29 Å². The largest absolute Gasteiger partial charge is 0.464 e. The van der Waals surface area contributed by atoms with Crippen LogP contribution in [0.25, 0.3) is 6.08 Å². The van der Waals surface area contributed by atoms with Crippen molar-refractivity contribution >= 4 is 56.5 Å². The van der Waals surface area contributed by atoms with Crippen molar-refractivity contribution < 1.29 is 40.2 Å². The van der Waals surface area contributed by atoms with Gasteiger partial charge in [-0.15, -0.1) is 0 Å². The summed E-state index contributed by atoms with van der Waals surface area (Å²) in [6.07, 6.45) is 1.39. The number of anilines is 2. The topological polar surface area (TPSA) is 172 Å². The second-order valence-electron chi connectivity index (χ2n) is 6.43. The maximum Gasteiger partial charge on any atom is 0.359 e. The molecule has 1 aliphatic heterocycles. The lowest BCUT2D eigenvalue weighted by Crippen LogP contribution is -2.23. The number of nitrogens with zero attached hydrogens (tertiary/aromatic N) is 2. The van der Waals surface area contributed by atoms with Crippen LogP contribution in [0.1, 0.15) is 5.56 Å². The highest BCUT2D eigenvalue weighted by Gasteiger charge is 2.36. The van der Waals surface area contributed by atoms with E-state index in [2.05, 4.69) is 14.6 Å². The number of amides is 1. The molecule has 2 aromatic carbocycles. The van der Waals surface area contributed by atoms with E-state index in [1.54, 1.807) is 31.3 Å². The predicted molar refractivity (Wildman–Crippen MR) is 119 cm³/mol. The zero-order chi connectivity index (χ0) is 24.3. The van der Waals surface area contributed by atoms with Crippen LogP contribution < -0.4 is 14.5 Å². The Morgan fingerprint density at radius 3 is 2.42 bits per heavy atom. The minimum atomic E-state index is -4.79. The first kappa shape index (κ1) is 24.1. The average Bonchev–Trinajstić information content (AvgIpc) is 3.08. The number of hydrogen-bond acceptors (Lipinski definition) is 9. The van der Waals surface area contributed by atoms with Gasteiger partial charge in [0.25, 0.3) is 16.0 Å². The molecule has 0 fully saturated rings. The van der Waals surface area contributed by atoms with Gasteiger partial charge in [-0.25, -0.2) is 4.79 Å². The molecule has 0 saturated carbocycles. The van der Waals surface area contributed by atoms with Crippen molar-refractivity contribution in [2.75, 3.05) is 24.5 Å². The Morgan fingerprint density at radius 1 is 1.21 bits per heavy atom. The molecule has 2 aromatic rings. The number of carbonyl (C=O) groups excluding carboxylic acids is 2. The SMILES string of the molecule is CNc1ccc(C=C2C(=O)N(c3cc(OS(=O)O)cc(S(=O)(=O)O)c3)N=C2C(=O)OC)cc1. The molecule has 3 N–H and O–H groups in total. The molecule has 14 heteroatoms. The Morgan fingerprint density at radius 2 is 1.88 bits per heavy atom. The quantitative estimate of drug-likeness (QED) is 0.221. The maximum absolute atomic E-state index is 13.1. The molecular formula is C19H17N3O9S2. The summed E-state index contributed by atoms with van der Waals surface area (Å²) in [5, 5.41) is 7.57. The second kappa shape index (κ2) is 9.50. The van der Waals surface area contributed by atoms with E-state index < -0.39 is 44.0 Å². The summed E-state index contributed by atoms with van der Waals surface area (Å²) < 4.78 is 61.9. The molecule has 1 aliphatic rings. The lowest BCUT2D eigenvalue weighted by molar-refractivity contribution is -0.132. The van der Waals surface area contributed by atoms with Gasteiger partial charge in [-0.2, -0.15) is 22.7 Å². The molecule has 0 radical (unpaired) electrons. The van der Waals surface area contributed by atoms with Gasteiger partial charge < -0.3 is 14.2 Å². The number of methoxy groups -OCH3 is 1. The van der Waals surface area contributed by atoms with E-state index in [9.17, 15) is 26.8 Å². The van der Waals surface area contributed by atoms with Gasteiger partial charge in [0.1, 0.15) is 5.75 Å². The average molecular weight is 495 g/mol. The summed E-state index contributed by atoms with van der Waals surface area (Å²) in [6.45, 7) is 0. The fraction of sp³-hybridized carbons (Fsp3) is 0.105. The lowest BCUT2D eigenvalue weighted by atomic mass is 10.1. The standard InChI is InChI=1S/C19H17N3O9S2/c1-20-12-5-3-11(4-6-12)7-16-17(19(24)30-2)21-22(18(16)23)13-8-14(31-32(25)26)10-15(9-13)33(27,28)29/h3-10,20H,1-2H3,(H,25,26)(H,27,28,29). The van der Waals surface area contributed by atoms with Crippen molar-refractivity contribution in [3.63, 3.8) is 0 Å². The molecule has 1 heterocycles. The van der Waals surface area contributed by atoms with Crippen LogP contribution in [0.2, 0.25) is 0 Å². The molecule has 1 amide bonds. The summed E-state index contributed by atoms with van der Waals surface area (Å²) in [4.78, 5) is 24.6. The highest BCUT2D eigenvalue weighted by atomic mass is 32.2. The van der Waals surface area contributed by atoms with Crippen molar-refractivity contribution in [1.82, 2.24) is 0 Å². The fourth-order valence-corrected chi connectivity index (χ4v) is 3.63. The van der Waals surface area contributed by atoms with Crippen LogP contribution in [-0.4, -0.2) is 53.5 Å². The van der Waals surface area contributed by atoms with Crippen molar-refractivity contribution in [1.29, 1.82) is 0 Å². The summed E-state index contributed by atoms with van der Waals surface area (Å²) >= 11 is -2.83. The first-order chi connectivity index (χ1) is 15.5. The first-order valence-electron chi connectivity index (χ1n) is 8.96. The number of carbonyl (C=O) groups is 2. The molecule has 33 heavy (non-hydrogen) atoms. The van der Waals surface area contributed by atoms with Gasteiger partial charge >= 0.3 is 17.3 Å². The third kappa shape index (κ3) is 5.43. The molecule has 3 rings (SSSR count). The van der Waals surface area contributed by atoms with Crippen LogP contribution in [0.5, 0.6) is 5.75 Å². The van der Waals surface area contributed by atoms with Gasteiger partial charge in [0.05, 0.1) is 23.3 Å². The molecule has 0 bridgehead atoms. The van der Waals surface area contributed by atoms with E-state index >= 15 is 0 Å². The van der Waals surface area contributed by atoms with E-state index in [0.717, 1.165) is 31.0 Å². The van der Waals surface area contributed by atoms with Crippen molar-refractivity contribution in [2.45, 2.75) is 4.90 Å². The molecular weight excluding hydrogens is 478 g/mol. The third-order valence-electron chi connectivity index (χ3n) is 4.34. The molecule has 0 saturated heterocycles. The number of hydrazone groups is 1. The smallest absolute Gasteiger partial charge is 0.359 e. The Kier molecular flexibility index (Phi) is 6.92. The second-order valence-corrected chi connectivity index (χ2v) is 8.45. The van der Waals surface area contributed by atoms with E-state index in [1.165, 1.54) is 6.08 Å². The summed E-state index contributed by atoms with van der Waals surface area (Å²) in [7, 11) is -1.96. The van der Waals surface area contributed by atoms with Gasteiger partial charge in [-0.3, -0.25) is 13.9 Å². The molecule has 0 aliphatic carbocycles. The number of nitrogens with one attached hydrogen (secondary N) is 1. The van der Waals surface area contributed by atoms with Crippen LogP contribution in [-0.2, 0) is 35.8 Å². The number of rotatable bonds is 7. The van der Waals surface area contributed by atoms with Crippen LogP contribution >= 0.6 is 0 Å². The van der Waals surface area contributed by atoms with Gasteiger partial charge in [-0.1, -0.05) is 12.1 Å². The molecule has 0 aromatic heterocycles. The highest BCUT2D eigenvalue weighted by Crippen LogP contribution is 2.31. The normalized spacial score (nSPS) is 15.9. The van der Waals surface area contributed by atoms with E-state index in [-0.39, 0.29) is 17.0 Å². The molecule has 12 nitrogen and oxygen atoms in total. The van der Waals surface area contributed by atoms with E-state index in [0.29, 0.717) is 10.6 Å². The molecule has 174 valence electrons. The Hall–Kier alpha value is -3.59. The van der Waals surface area contributed by atoms with Gasteiger partial charge in [0.15, 0.2) is 5.71 Å². The van der Waals surface area contributed by atoms with Gasteiger partial charge in [0.2, 0.25) is 0 Å². The van der Waals surface area contributed by atoms with Crippen LogP contribution in [0.15, 0.2) is 58.0 Å². The van der Waals surface area contributed by atoms with Crippen LogP contribution in [0, 0.1) is 0 Å². The van der Waals surface area contributed by atoms with Crippen LogP contribution in [0.3, 0.4) is 0 Å². The number of benzene rings is 2. The van der Waals surface area contributed by atoms with Crippen LogP contribution in [0.4, 0.5) is 11.4 Å². The van der Waals surface area contributed by atoms with Crippen molar-refractivity contribution in [2.24, 2.45) is 5.10 Å². The maximum atomic E-state index is 13.1. The number of ether oxygens (including phenoxy) is 1. The number of hydrogen-bond donors (Lipinski definition) is 3. The number of esters is 1. The fourth-order valence-electron chi connectivity index (χ4n) is 2.84. The molecule has 1 atom stereocenters. The summed E-state index contributed by atoms with van der Waals surface area (Å²) in [6, 6.07) is 9.54. The van der Waals surface area contributed by atoms with Gasteiger partial charge in [-0.05, 0) is 29.8 Å². The zero-order valence-electron chi connectivity index (χ0n) is 17.1. The zero-order valence-corrected chi connectivity index (χ0v) is 18.7.